The van der Waals surface area contributed by atoms with E-state index in [1.165, 1.54) is 0 Å². The van der Waals surface area contributed by atoms with E-state index >= 15 is 0 Å². The van der Waals surface area contributed by atoms with Gasteiger partial charge in [-0.05, 0) is 67.9 Å². The number of allylic oxidation sites excluding steroid dienone is 2. The highest BCUT2D eigenvalue weighted by Gasteiger charge is 2.51. The predicted octanol–water partition coefficient (Wildman–Crippen LogP) is 3.41. The summed E-state index contributed by atoms with van der Waals surface area (Å²) in [6, 6.07) is 6.78. The van der Waals surface area contributed by atoms with Crippen molar-refractivity contribution in [3.8, 4) is 0 Å². The van der Waals surface area contributed by atoms with Crippen LogP contribution in [0, 0.1) is 18.8 Å². The zero-order chi connectivity index (χ0) is 18.5. The van der Waals surface area contributed by atoms with Crippen molar-refractivity contribution in [2.75, 3.05) is 14.2 Å². The highest BCUT2D eigenvalue weighted by molar-refractivity contribution is 7.90. The quantitative estimate of drug-likeness (QED) is 0.759. The molecule has 4 rings (SSSR count). The lowest BCUT2D eigenvalue weighted by atomic mass is 9.81. The Morgan fingerprint density at radius 2 is 1.73 bits per heavy atom. The first-order valence-electron chi connectivity index (χ1n) is 8.86. The van der Waals surface area contributed by atoms with Crippen LogP contribution in [0.1, 0.15) is 24.8 Å². The maximum absolute atomic E-state index is 12.8. The zero-order valence-electron chi connectivity index (χ0n) is 15.2. The highest BCUT2D eigenvalue weighted by atomic mass is 32.2. The molecule has 2 atom stereocenters. The Labute approximate surface area is 154 Å². The van der Waals surface area contributed by atoms with Gasteiger partial charge in [0.25, 0.3) is 10.0 Å². The van der Waals surface area contributed by atoms with Gasteiger partial charge >= 0.3 is 0 Å². The van der Waals surface area contributed by atoms with E-state index in [1.807, 2.05) is 6.92 Å². The minimum atomic E-state index is -3.76. The van der Waals surface area contributed by atoms with E-state index in [1.54, 1.807) is 50.6 Å². The smallest absolute Gasteiger partial charge is 0.282 e. The SMILES string of the molecule is COC1(OC)C=C/C(=N\S(=O)(=O)c2ccc(C)cc2)C2=C1C1CCC2C1. The van der Waals surface area contributed by atoms with Gasteiger partial charge in [0.2, 0.25) is 5.79 Å². The fourth-order valence-electron chi connectivity index (χ4n) is 4.54. The summed E-state index contributed by atoms with van der Waals surface area (Å²) in [5, 5.41) is 0. The third kappa shape index (κ3) is 2.59. The van der Waals surface area contributed by atoms with Gasteiger partial charge in [-0.3, -0.25) is 0 Å². The molecule has 0 heterocycles. The summed E-state index contributed by atoms with van der Waals surface area (Å²) in [4.78, 5) is 0.213. The summed E-state index contributed by atoms with van der Waals surface area (Å²) < 4.78 is 41.2. The van der Waals surface area contributed by atoms with Crippen LogP contribution in [0.25, 0.3) is 0 Å². The molecular formula is C20H23NO4S. The van der Waals surface area contributed by atoms with Crippen molar-refractivity contribution < 1.29 is 17.9 Å². The van der Waals surface area contributed by atoms with Gasteiger partial charge < -0.3 is 9.47 Å². The number of hydrogen-bond donors (Lipinski definition) is 0. The van der Waals surface area contributed by atoms with Crippen LogP contribution in [-0.2, 0) is 19.5 Å². The van der Waals surface area contributed by atoms with Gasteiger partial charge in [-0.1, -0.05) is 17.7 Å². The van der Waals surface area contributed by atoms with Gasteiger partial charge in [-0.15, -0.1) is 0 Å². The van der Waals surface area contributed by atoms with Crippen molar-refractivity contribution in [3.63, 3.8) is 0 Å². The van der Waals surface area contributed by atoms with E-state index in [0.29, 0.717) is 17.5 Å². The van der Waals surface area contributed by atoms with Crippen LogP contribution in [-0.4, -0.2) is 34.1 Å². The Hall–Kier alpha value is -1.76. The molecule has 3 aliphatic rings. The van der Waals surface area contributed by atoms with Crippen LogP contribution >= 0.6 is 0 Å². The molecule has 0 radical (unpaired) electrons. The summed E-state index contributed by atoms with van der Waals surface area (Å²) in [6.07, 6.45) is 6.69. The van der Waals surface area contributed by atoms with E-state index in [0.717, 1.165) is 36.0 Å². The number of methoxy groups -OCH3 is 2. The molecule has 6 heteroatoms. The second kappa shape index (κ2) is 6.15. The van der Waals surface area contributed by atoms with Crippen LogP contribution in [0.5, 0.6) is 0 Å². The predicted molar refractivity (Wildman–Crippen MR) is 99.5 cm³/mol. The summed E-state index contributed by atoms with van der Waals surface area (Å²) in [5.41, 5.74) is 3.59. The van der Waals surface area contributed by atoms with E-state index in [2.05, 4.69) is 4.40 Å². The minimum absolute atomic E-state index is 0.213. The Morgan fingerprint density at radius 3 is 2.38 bits per heavy atom. The molecule has 1 aromatic carbocycles. The Kier molecular flexibility index (Phi) is 4.17. The normalized spacial score (nSPS) is 28.0. The van der Waals surface area contributed by atoms with Gasteiger partial charge in [-0.2, -0.15) is 12.8 Å². The lowest BCUT2D eigenvalue weighted by Crippen LogP contribution is -2.40. The molecule has 0 aliphatic heterocycles. The molecule has 1 aromatic rings. The summed E-state index contributed by atoms with van der Waals surface area (Å²) >= 11 is 0. The summed E-state index contributed by atoms with van der Waals surface area (Å²) in [6.45, 7) is 1.92. The maximum atomic E-state index is 12.8. The van der Waals surface area contributed by atoms with Crippen molar-refractivity contribution >= 4 is 15.7 Å². The molecule has 0 N–H and O–H groups in total. The molecule has 2 unspecified atom stereocenters. The average Bonchev–Trinajstić information content (AvgIpc) is 3.25. The number of rotatable bonds is 4. The third-order valence-corrected chi connectivity index (χ3v) is 7.10. The first-order valence-corrected chi connectivity index (χ1v) is 10.3. The largest absolute Gasteiger partial charge is 0.346 e. The monoisotopic (exact) mass is 373 g/mol. The molecule has 26 heavy (non-hydrogen) atoms. The first-order chi connectivity index (χ1) is 12.4. The lowest BCUT2D eigenvalue weighted by Gasteiger charge is -2.37. The van der Waals surface area contributed by atoms with E-state index in [-0.39, 0.29) is 4.90 Å². The van der Waals surface area contributed by atoms with Crippen LogP contribution in [0.2, 0.25) is 0 Å². The number of fused-ring (bicyclic) bond motifs is 4. The summed E-state index contributed by atoms with van der Waals surface area (Å²) in [5.74, 6) is -0.203. The number of nitrogens with zero attached hydrogens (tertiary/aromatic N) is 1. The number of ether oxygens (including phenoxy) is 2. The Morgan fingerprint density at radius 1 is 1.08 bits per heavy atom. The maximum Gasteiger partial charge on any atom is 0.282 e. The number of benzene rings is 1. The van der Waals surface area contributed by atoms with Crippen molar-refractivity contribution in [1.82, 2.24) is 0 Å². The Bertz CT molecular complexity index is 921. The molecule has 0 spiro atoms. The number of sulfonamides is 1. The molecule has 1 saturated carbocycles. The van der Waals surface area contributed by atoms with E-state index < -0.39 is 15.8 Å². The van der Waals surface area contributed by atoms with Gasteiger partial charge in [0.05, 0.1) is 10.6 Å². The molecule has 0 aromatic heterocycles. The minimum Gasteiger partial charge on any atom is -0.346 e. The van der Waals surface area contributed by atoms with Gasteiger partial charge in [0.15, 0.2) is 0 Å². The van der Waals surface area contributed by atoms with Crippen LogP contribution < -0.4 is 0 Å². The van der Waals surface area contributed by atoms with E-state index in [4.69, 9.17) is 9.47 Å². The molecule has 5 nitrogen and oxygen atoms in total. The van der Waals surface area contributed by atoms with Crippen molar-refractivity contribution in [3.05, 3.63) is 53.1 Å². The van der Waals surface area contributed by atoms with E-state index in [9.17, 15) is 8.42 Å². The molecule has 1 fully saturated rings. The molecule has 0 amide bonds. The van der Waals surface area contributed by atoms with Crippen molar-refractivity contribution in [2.45, 2.75) is 36.9 Å². The molecule has 138 valence electrons. The van der Waals surface area contributed by atoms with Crippen LogP contribution in [0.3, 0.4) is 0 Å². The average molecular weight is 373 g/mol. The second-order valence-corrected chi connectivity index (χ2v) is 8.81. The van der Waals surface area contributed by atoms with Crippen LogP contribution in [0.15, 0.2) is 56.9 Å². The highest BCUT2D eigenvalue weighted by Crippen LogP contribution is 2.55. The standard InChI is InChI=1S/C20H23NO4S/c1-13-4-8-16(9-5-13)26(22,23)21-17-10-11-20(24-2,25-3)19-15-7-6-14(12-15)18(17)19/h4-5,8-11,14-15H,6-7,12H2,1-3H3/b21-17+. The van der Waals surface area contributed by atoms with Crippen LogP contribution in [0.4, 0.5) is 0 Å². The lowest BCUT2D eigenvalue weighted by molar-refractivity contribution is -0.146. The fourth-order valence-corrected chi connectivity index (χ4v) is 5.55. The van der Waals surface area contributed by atoms with Gasteiger partial charge in [0.1, 0.15) is 0 Å². The molecule has 0 saturated heterocycles. The zero-order valence-corrected chi connectivity index (χ0v) is 16.0. The van der Waals surface area contributed by atoms with Gasteiger partial charge in [0, 0.05) is 19.8 Å². The molecule has 3 aliphatic carbocycles. The number of hydrogen-bond acceptors (Lipinski definition) is 4. The Balaban J connectivity index is 1.82. The molecule has 2 bridgehead atoms. The van der Waals surface area contributed by atoms with Gasteiger partial charge in [-0.25, -0.2) is 0 Å². The second-order valence-electron chi connectivity index (χ2n) is 7.21. The van der Waals surface area contributed by atoms with Crippen molar-refractivity contribution in [2.24, 2.45) is 16.2 Å². The first kappa shape index (κ1) is 17.6. The topological polar surface area (TPSA) is 65.0 Å². The molecular weight excluding hydrogens is 350 g/mol. The van der Waals surface area contributed by atoms with Crippen molar-refractivity contribution in [1.29, 1.82) is 0 Å². The third-order valence-electron chi connectivity index (χ3n) is 5.80. The summed E-state index contributed by atoms with van der Waals surface area (Å²) in [7, 11) is -0.521. The fraction of sp³-hybridized carbons (Fsp3) is 0.450. The number of aryl methyl sites for hydroxylation is 1.